The van der Waals surface area contributed by atoms with Crippen LogP contribution < -0.4 is 5.32 Å². The van der Waals surface area contributed by atoms with Crippen LogP contribution in [0.1, 0.15) is 23.0 Å². The van der Waals surface area contributed by atoms with E-state index in [-0.39, 0.29) is 22.7 Å². The molecule has 2 aromatic heterocycles. The zero-order chi connectivity index (χ0) is 17.8. The van der Waals surface area contributed by atoms with E-state index in [1.165, 1.54) is 6.92 Å². The third-order valence-electron chi connectivity index (χ3n) is 3.40. The second kappa shape index (κ2) is 7.35. The van der Waals surface area contributed by atoms with Gasteiger partial charge in [-0.25, -0.2) is 0 Å². The van der Waals surface area contributed by atoms with Crippen LogP contribution in [0.4, 0.5) is 5.69 Å². The Morgan fingerprint density at radius 1 is 1.20 bits per heavy atom. The van der Waals surface area contributed by atoms with Crippen molar-refractivity contribution >= 4 is 29.1 Å². The van der Waals surface area contributed by atoms with E-state index >= 15 is 0 Å². The van der Waals surface area contributed by atoms with E-state index in [0.29, 0.717) is 22.9 Å². The number of carbonyl (C=O) groups excluding carboxylic acids is 2. The fourth-order valence-electron chi connectivity index (χ4n) is 2.20. The Bertz CT molecular complexity index is 916. The van der Waals surface area contributed by atoms with Crippen LogP contribution >= 0.6 is 11.8 Å². The number of hydrogen-bond donors (Lipinski definition) is 1. The molecule has 0 aliphatic rings. The van der Waals surface area contributed by atoms with Crippen LogP contribution in [0.3, 0.4) is 0 Å². The van der Waals surface area contributed by atoms with Crippen LogP contribution in [0.25, 0.3) is 11.5 Å². The molecule has 0 spiro atoms. The van der Waals surface area contributed by atoms with Crippen molar-refractivity contribution in [2.75, 3.05) is 11.1 Å². The molecule has 0 bridgehead atoms. The number of anilines is 1. The molecule has 7 nitrogen and oxygen atoms in total. The van der Waals surface area contributed by atoms with E-state index in [2.05, 4.69) is 15.5 Å². The second-order valence-electron chi connectivity index (χ2n) is 5.20. The summed E-state index contributed by atoms with van der Waals surface area (Å²) in [7, 11) is 0. The number of para-hydroxylation sites is 1. The molecule has 0 saturated heterocycles. The lowest BCUT2D eigenvalue weighted by Crippen LogP contribution is -2.16. The van der Waals surface area contributed by atoms with E-state index in [4.69, 9.17) is 8.83 Å². The summed E-state index contributed by atoms with van der Waals surface area (Å²) in [4.78, 5) is 23.7. The van der Waals surface area contributed by atoms with E-state index in [9.17, 15) is 9.59 Å². The molecule has 8 heteroatoms. The fraction of sp³-hybridized carbons (Fsp3) is 0.176. The lowest BCUT2D eigenvalue weighted by atomic mass is 10.1. The molecular weight excluding hydrogens is 342 g/mol. The quantitative estimate of drug-likeness (QED) is 0.532. The maximum Gasteiger partial charge on any atom is 0.277 e. The molecule has 25 heavy (non-hydrogen) atoms. The van der Waals surface area contributed by atoms with Crippen molar-refractivity contribution in [3.63, 3.8) is 0 Å². The van der Waals surface area contributed by atoms with Gasteiger partial charge in [0.25, 0.3) is 11.1 Å². The van der Waals surface area contributed by atoms with Crippen LogP contribution in [0.2, 0.25) is 0 Å². The van der Waals surface area contributed by atoms with E-state index in [1.807, 2.05) is 0 Å². The zero-order valence-electron chi connectivity index (χ0n) is 13.6. The highest BCUT2D eigenvalue weighted by Gasteiger charge is 2.15. The smallest absolute Gasteiger partial charge is 0.277 e. The molecule has 1 aromatic carbocycles. The van der Waals surface area contributed by atoms with Crippen molar-refractivity contribution in [3.05, 3.63) is 47.9 Å². The molecule has 3 aromatic rings. The Morgan fingerprint density at radius 3 is 2.72 bits per heavy atom. The standard InChI is InChI=1S/C17H15N3O4S/c1-10(21)12-5-3-4-6-14(12)18-15(22)9-25-17-20-19-16(24-17)13-7-8-23-11(13)2/h3-8H,9H2,1-2H3,(H,18,22). The largest absolute Gasteiger partial charge is 0.469 e. The van der Waals surface area contributed by atoms with Gasteiger partial charge in [-0.05, 0) is 32.0 Å². The summed E-state index contributed by atoms with van der Waals surface area (Å²) in [6.07, 6.45) is 1.54. The number of benzene rings is 1. The maximum absolute atomic E-state index is 12.1. The molecule has 128 valence electrons. The number of nitrogens with zero attached hydrogens (tertiary/aromatic N) is 2. The molecule has 0 atom stereocenters. The van der Waals surface area contributed by atoms with Crippen LogP contribution in [0.15, 0.2) is 50.7 Å². The lowest BCUT2D eigenvalue weighted by molar-refractivity contribution is -0.113. The summed E-state index contributed by atoms with van der Waals surface area (Å²) in [5, 5.41) is 10.9. The monoisotopic (exact) mass is 357 g/mol. The van der Waals surface area contributed by atoms with Gasteiger partial charge in [0.15, 0.2) is 5.78 Å². The van der Waals surface area contributed by atoms with E-state index in [1.54, 1.807) is 43.5 Å². The Hall–Kier alpha value is -2.87. The van der Waals surface area contributed by atoms with Gasteiger partial charge in [0.1, 0.15) is 5.76 Å². The minimum atomic E-state index is -0.266. The Labute approximate surface area is 147 Å². The summed E-state index contributed by atoms with van der Waals surface area (Å²) in [5.74, 6) is 0.728. The fourth-order valence-corrected chi connectivity index (χ4v) is 2.76. The third-order valence-corrected chi connectivity index (χ3v) is 4.22. The molecule has 0 aliphatic carbocycles. The first-order chi connectivity index (χ1) is 12.0. The molecule has 0 saturated carbocycles. The predicted octanol–water partition coefficient (Wildman–Crippen LogP) is 3.57. The highest BCUT2D eigenvalue weighted by atomic mass is 32.2. The summed E-state index contributed by atoms with van der Waals surface area (Å²) < 4.78 is 10.7. The molecule has 0 aliphatic heterocycles. The van der Waals surface area contributed by atoms with Crippen LogP contribution in [0, 0.1) is 6.92 Å². The number of carbonyl (C=O) groups is 2. The minimum absolute atomic E-state index is 0.0816. The van der Waals surface area contributed by atoms with Crippen molar-refractivity contribution in [1.29, 1.82) is 0 Å². The number of nitrogens with one attached hydrogen (secondary N) is 1. The summed E-state index contributed by atoms with van der Waals surface area (Å²) in [6.45, 7) is 3.25. The summed E-state index contributed by atoms with van der Waals surface area (Å²) >= 11 is 1.12. The SMILES string of the molecule is CC(=O)c1ccccc1NC(=O)CSc1nnc(-c2ccoc2C)o1. The van der Waals surface area contributed by atoms with Crippen LogP contribution in [0.5, 0.6) is 0 Å². The third kappa shape index (κ3) is 3.97. The van der Waals surface area contributed by atoms with Gasteiger partial charge in [-0.3, -0.25) is 9.59 Å². The second-order valence-corrected chi connectivity index (χ2v) is 6.13. The van der Waals surface area contributed by atoms with Crippen LogP contribution in [-0.2, 0) is 4.79 Å². The number of amides is 1. The molecule has 0 unspecified atom stereocenters. The number of aryl methyl sites for hydroxylation is 1. The topological polar surface area (TPSA) is 98.2 Å². The predicted molar refractivity (Wildman–Crippen MR) is 92.5 cm³/mol. The zero-order valence-corrected chi connectivity index (χ0v) is 14.4. The first-order valence-corrected chi connectivity index (χ1v) is 8.43. The maximum atomic E-state index is 12.1. The molecule has 3 rings (SSSR count). The Balaban J connectivity index is 1.61. The highest BCUT2D eigenvalue weighted by Crippen LogP contribution is 2.26. The number of rotatable bonds is 6. The normalized spacial score (nSPS) is 10.6. The van der Waals surface area contributed by atoms with Crippen molar-refractivity contribution in [2.24, 2.45) is 0 Å². The minimum Gasteiger partial charge on any atom is -0.469 e. The average Bonchev–Trinajstić information content (AvgIpc) is 3.21. The molecular formula is C17H15N3O4S. The lowest BCUT2D eigenvalue weighted by Gasteiger charge is -2.07. The Kier molecular flexibility index (Phi) is 4.99. The molecule has 0 radical (unpaired) electrons. The van der Waals surface area contributed by atoms with E-state index in [0.717, 1.165) is 17.3 Å². The van der Waals surface area contributed by atoms with Gasteiger partial charge >= 0.3 is 0 Å². The van der Waals surface area contributed by atoms with Crippen molar-refractivity contribution in [3.8, 4) is 11.5 Å². The van der Waals surface area contributed by atoms with Gasteiger partial charge < -0.3 is 14.2 Å². The average molecular weight is 357 g/mol. The summed E-state index contributed by atoms with van der Waals surface area (Å²) in [6, 6.07) is 8.60. The highest BCUT2D eigenvalue weighted by molar-refractivity contribution is 7.99. The number of aromatic nitrogens is 2. The van der Waals surface area contributed by atoms with Crippen molar-refractivity contribution < 1.29 is 18.4 Å². The number of thioether (sulfide) groups is 1. The number of ketones is 1. The van der Waals surface area contributed by atoms with Gasteiger partial charge in [0.05, 0.1) is 23.3 Å². The van der Waals surface area contributed by atoms with Gasteiger partial charge in [-0.2, -0.15) is 0 Å². The first-order valence-electron chi connectivity index (χ1n) is 7.45. The molecule has 2 heterocycles. The first kappa shape index (κ1) is 17.0. The van der Waals surface area contributed by atoms with Gasteiger partial charge in [0, 0.05) is 5.56 Å². The summed E-state index contributed by atoms with van der Waals surface area (Å²) in [5.41, 5.74) is 1.68. The van der Waals surface area contributed by atoms with Gasteiger partial charge in [-0.1, -0.05) is 23.9 Å². The number of hydrogen-bond acceptors (Lipinski definition) is 7. The number of furan rings is 1. The Morgan fingerprint density at radius 2 is 2.00 bits per heavy atom. The molecule has 1 N–H and O–H groups in total. The molecule has 0 fully saturated rings. The van der Waals surface area contributed by atoms with Gasteiger partial charge in [0.2, 0.25) is 5.91 Å². The van der Waals surface area contributed by atoms with Crippen molar-refractivity contribution in [2.45, 2.75) is 19.1 Å². The van der Waals surface area contributed by atoms with Crippen LogP contribution in [-0.4, -0.2) is 27.6 Å². The van der Waals surface area contributed by atoms with E-state index < -0.39 is 0 Å². The van der Waals surface area contributed by atoms with Crippen molar-refractivity contribution in [1.82, 2.24) is 10.2 Å². The van der Waals surface area contributed by atoms with Gasteiger partial charge in [-0.15, -0.1) is 10.2 Å². The number of Topliss-reactive ketones (excluding diaryl/α,β-unsaturated/α-hetero) is 1. The molecule has 1 amide bonds.